The molecular weight excluding hydrogens is 156 g/mol. The molecule has 0 aromatic carbocycles. The molecule has 0 radical (unpaired) electrons. The van der Waals surface area contributed by atoms with Gasteiger partial charge in [0.15, 0.2) is 5.15 Å². The molecule has 2 rings (SSSR count). The van der Waals surface area contributed by atoms with Crippen LogP contribution in [-0.2, 0) is 0 Å². The van der Waals surface area contributed by atoms with E-state index in [1.165, 1.54) is 24.6 Å². The first kappa shape index (κ1) is 5.62. The van der Waals surface area contributed by atoms with Crippen LogP contribution in [0.5, 0.6) is 0 Å². The summed E-state index contributed by atoms with van der Waals surface area (Å²) in [6.45, 7) is 0. The van der Waals surface area contributed by atoms with Gasteiger partial charge in [-0.1, -0.05) is 11.6 Å². The van der Waals surface area contributed by atoms with E-state index in [0.29, 0.717) is 11.1 Å². The van der Waals surface area contributed by atoms with Crippen molar-refractivity contribution in [2.24, 2.45) is 0 Å². The van der Waals surface area contributed by atoms with Gasteiger partial charge in [0.1, 0.15) is 0 Å². The second-order valence-corrected chi connectivity index (χ2v) is 3.10. The molecule has 1 saturated carbocycles. The van der Waals surface area contributed by atoms with Crippen LogP contribution in [0.1, 0.15) is 24.5 Å². The van der Waals surface area contributed by atoms with E-state index in [9.17, 15) is 0 Å². The second-order valence-electron chi connectivity index (χ2n) is 2.21. The third-order valence-corrected chi connectivity index (χ3v) is 2.36. The van der Waals surface area contributed by atoms with Crippen molar-refractivity contribution in [3.05, 3.63) is 10.8 Å². The van der Waals surface area contributed by atoms with Crippen LogP contribution in [0, 0.1) is 0 Å². The molecule has 4 heteroatoms. The zero-order valence-corrected chi connectivity index (χ0v) is 6.24. The van der Waals surface area contributed by atoms with Crippen LogP contribution in [-0.4, -0.2) is 8.75 Å². The highest BCUT2D eigenvalue weighted by Gasteiger charge is 2.28. The third kappa shape index (κ3) is 0.946. The fraction of sp³-hybridized carbons (Fsp3) is 0.600. The first-order valence-corrected chi connectivity index (χ1v) is 3.96. The van der Waals surface area contributed by atoms with Crippen molar-refractivity contribution in [3.63, 3.8) is 0 Å². The first-order valence-electron chi connectivity index (χ1n) is 2.86. The van der Waals surface area contributed by atoms with Crippen LogP contribution < -0.4 is 0 Å². The summed E-state index contributed by atoms with van der Waals surface area (Å²) >= 11 is 6.91. The third-order valence-electron chi connectivity index (χ3n) is 1.44. The molecule has 0 aliphatic heterocycles. The molecule has 48 valence electrons. The van der Waals surface area contributed by atoms with Gasteiger partial charge in [-0.2, -0.15) is 8.75 Å². The predicted molar refractivity (Wildman–Crippen MR) is 36.9 cm³/mol. The average molecular weight is 161 g/mol. The Morgan fingerprint density at radius 1 is 1.44 bits per heavy atom. The lowest BCUT2D eigenvalue weighted by Gasteiger charge is -1.84. The number of rotatable bonds is 1. The molecule has 0 N–H and O–H groups in total. The minimum atomic E-state index is 0.613. The molecule has 1 fully saturated rings. The van der Waals surface area contributed by atoms with E-state index >= 15 is 0 Å². The van der Waals surface area contributed by atoms with Crippen LogP contribution in [0.25, 0.3) is 0 Å². The van der Waals surface area contributed by atoms with Crippen LogP contribution >= 0.6 is 23.3 Å². The highest BCUT2D eigenvalue weighted by molar-refractivity contribution is 6.99. The van der Waals surface area contributed by atoms with Crippen molar-refractivity contribution in [2.45, 2.75) is 18.8 Å². The molecule has 0 atom stereocenters. The van der Waals surface area contributed by atoms with Crippen molar-refractivity contribution < 1.29 is 0 Å². The summed E-state index contributed by atoms with van der Waals surface area (Å²) in [5, 5.41) is 0.613. The van der Waals surface area contributed by atoms with Crippen LogP contribution in [0.2, 0.25) is 5.15 Å². The standard InChI is InChI=1S/C5H5ClN2S/c6-5-4(3-1-2-3)7-9-8-5/h3H,1-2H2. The summed E-state index contributed by atoms with van der Waals surface area (Å²) in [4.78, 5) is 0. The summed E-state index contributed by atoms with van der Waals surface area (Å²) in [7, 11) is 0. The molecule has 2 nitrogen and oxygen atoms in total. The van der Waals surface area contributed by atoms with Gasteiger partial charge in [0.25, 0.3) is 0 Å². The summed E-state index contributed by atoms with van der Waals surface area (Å²) in [5.74, 6) is 0.635. The number of nitrogens with zero attached hydrogens (tertiary/aromatic N) is 2. The number of halogens is 1. The maximum Gasteiger partial charge on any atom is 0.166 e. The van der Waals surface area contributed by atoms with E-state index in [-0.39, 0.29) is 0 Å². The molecule has 9 heavy (non-hydrogen) atoms. The van der Waals surface area contributed by atoms with Crippen LogP contribution in [0.4, 0.5) is 0 Å². The van der Waals surface area contributed by atoms with E-state index in [1.807, 2.05) is 0 Å². The van der Waals surface area contributed by atoms with E-state index in [1.54, 1.807) is 0 Å². The molecule has 0 spiro atoms. The Labute approximate surface area is 62.2 Å². The fourth-order valence-electron chi connectivity index (χ4n) is 0.784. The fourth-order valence-corrected chi connectivity index (χ4v) is 1.65. The molecule has 1 aromatic rings. The quantitative estimate of drug-likeness (QED) is 0.629. The van der Waals surface area contributed by atoms with Gasteiger partial charge in [-0.25, -0.2) is 0 Å². The first-order chi connectivity index (χ1) is 4.38. The smallest absolute Gasteiger partial charge is 0.166 e. The number of aromatic nitrogens is 2. The normalized spacial score (nSPS) is 18.3. The molecule has 1 aromatic heterocycles. The summed E-state index contributed by atoms with van der Waals surface area (Å²) in [6, 6.07) is 0. The molecule has 1 heterocycles. The van der Waals surface area contributed by atoms with Gasteiger partial charge in [0.2, 0.25) is 0 Å². The molecule has 0 unspecified atom stereocenters. The zero-order chi connectivity index (χ0) is 6.27. The Hall–Kier alpha value is -0.150. The average Bonchev–Trinajstić information content (AvgIpc) is 2.58. The Morgan fingerprint density at radius 2 is 2.22 bits per heavy atom. The van der Waals surface area contributed by atoms with Gasteiger partial charge >= 0.3 is 0 Å². The van der Waals surface area contributed by atoms with Crippen molar-refractivity contribution in [1.29, 1.82) is 0 Å². The molecule has 0 amide bonds. The SMILES string of the molecule is Clc1nsnc1C1CC1. The summed E-state index contributed by atoms with van der Waals surface area (Å²) in [5.41, 5.74) is 1.02. The van der Waals surface area contributed by atoms with Crippen molar-refractivity contribution in [1.82, 2.24) is 8.75 Å². The summed E-state index contributed by atoms with van der Waals surface area (Å²) in [6.07, 6.45) is 2.48. The van der Waals surface area contributed by atoms with Gasteiger partial charge in [-0.05, 0) is 12.8 Å². The maximum absolute atomic E-state index is 5.71. The predicted octanol–water partition coefficient (Wildman–Crippen LogP) is 2.07. The minimum Gasteiger partial charge on any atom is -0.176 e. The lowest BCUT2D eigenvalue weighted by Crippen LogP contribution is -1.76. The Bertz CT molecular complexity index is 218. The van der Waals surface area contributed by atoms with Gasteiger partial charge in [-0.15, -0.1) is 0 Å². The van der Waals surface area contributed by atoms with Gasteiger partial charge in [-0.3, -0.25) is 0 Å². The van der Waals surface area contributed by atoms with Gasteiger partial charge in [0, 0.05) is 5.92 Å². The second kappa shape index (κ2) is 1.92. The lowest BCUT2D eigenvalue weighted by atomic mass is 10.3. The van der Waals surface area contributed by atoms with E-state index in [0.717, 1.165) is 5.69 Å². The van der Waals surface area contributed by atoms with E-state index < -0.39 is 0 Å². The van der Waals surface area contributed by atoms with Crippen molar-refractivity contribution in [3.8, 4) is 0 Å². The zero-order valence-electron chi connectivity index (χ0n) is 4.67. The molecular formula is C5H5ClN2S. The highest BCUT2D eigenvalue weighted by atomic mass is 35.5. The lowest BCUT2D eigenvalue weighted by molar-refractivity contribution is 1.07. The van der Waals surface area contributed by atoms with Crippen molar-refractivity contribution >= 4 is 23.3 Å². The largest absolute Gasteiger partial charge is 0.176 e. The van der Waals surface area contributed by atoms with Gasteiger partial charge in [0.05, 0.1) is 17.4 Å². The maximum atomic E-state index is 5.71. The van der Waals surface area contributed by atoms with E-state index in [2.05, 4.69) is 8.75 Å². The Morgan fingerprint density at radius 3 is 2.67 bits per heavy atom. The Balaban J connectivity index is 2.35. The van der Waals surface area contributed by atoms with Crippen LogP contribution in [0.15, 0.2) is 0 Å². The van der Waals surface area contributed by atoms with E-state index in [4.69, 9.17) is 11.6 Å². The number of hydrogen-bond acceptors (Lipinski definition) is 3. The number of hydrogen-bond donors (Lipinski definition) is 0. The van der Waals surface area contributed by atoms with Crippen molar-refractivity contribution in [2.75, 3.05) is 0 Å². The van der Waals surface area contributed by atoms with Crippen LogP contribution in [0.3, 0.4) is 0 Å². The highest BCUT2D eigenvalue weighted by Crippen LogP contribution is 2.41. The molecule has 1 aliphatic rings. The minimum absolute atomic E-state index is 0.613. The van der Waals surface area contributed by atoms with Gasteiger partial charge < -0.3 is 0 Å². The molecule has 1 aliphatic carbocycles. The monoisotopic (exact) mass is 160 g/mol. The molecule has 0 saturated heterocycles. The molecule has 0 bridgehead atoms. The Kier molecular flexibility index (Phi) is 1.20. The topological polar surface area (TPSA) is 25.8 Å². The summed E-state index contributed by atoms with van der Waals surface area (Å²) < 4.78 is 7.95.